The van der Waals surface area contributed by atoms with Crippen LogP contribution in [0.15, 0.2) is 30.3 Å². The molecule has 1 aliphatic rings. The molecule has 0 aliphatic carbocycles. The number of carbonyl (C=O) groups excluding carboxylic acids is 1. The zero-order valence-electron chi connectivity index (χ0n) is 12.0. The van der Waals surface area contributed by atoms with E-state index in [9.17, 15) is 4.79 Å². The Balaban J connectivity index is 1.62. The number of ether oxygens (including phenoxy) is 3. The summed E-state index contributed by atoms with van der Waals surface area (Å²) in [5.41, 5.74) is 0.938. The highest BCUT2D eigenvalue weighted by molar-refractivity contribution is 5.59. The molecule has 0 radical (unpaired) electrons. The zero-order valence-corrected chi connectivity index (χ0v) is 12.0. The summed E-state index contributed by atoms with van der Waals surface area (Å²) >= 11 is 0. The summed E-state index contributed by atoms with van der Waals surface area (Å²) in [5, 5.41) is 0. The highest BCUT2D eigenvalue weighted by atomic mass is 16.7. The second-order valence-electron chi connectivity index (χ2n) is 4.62. The summed E-state index contributed by atoms with van der Waals surface area (Å²) in [6, 6.07) is 9.51. The molecule has 2 rings (SSSR count). The summed E-state index contributed by atoms with van der Waals surface area (Å²) in [6.45, 7) is 6.49. The number of rotatable bonds is 7. The molecule has 0 spiro atoms. The maximum Gasteiger partial charge on any atom is 0.508 e. The Kier molecular flexibility index (Phi) is 5.38. The number of likely N-dealkylation sites (N-methyl/N-ethyl adjacent to an activating group) is 1. The van der Waals surface area contributed by atoms with E-state index in [1.54, 1.807) is 0 Å². The Morgan fingerprint density at radius 2 is 1.90 bits per heavy atom. The number of nitrogens with zero attached hydrogens (tertiary/aromatic N) is 1. The molecule has 5 nitrogen and oxygen atoms in total. The van der Waals surface area contributed by atoms with Crippen molar-refractivity contribution >= 4 is 6.16 Å². The number of benzene rings is 1. The van der Waals surface area contributed by atoms with Crippen LogP contribution in [0.4, 0.5) is 4.79 Å². The smallest absolute Gasteiger partial charge is 0.431 e. The average Bonchev–Trinajstić information content (AvgIpc) is 3.25. The first-order valence-electron chi connectivity index (χ1n) is 6.97. The molecular weight excluding hydrogens is 258 g/mol. The SMILES string of the molecule is CCN(CC)C1OC1COC(=O)OCc1ccccc1. The average molecular weight is 279 g/mol. The molecule has 0 saturated carbocycles. The van der Waals surface area contributed by atoms with Gasteiger partial charge in [-0.2, -0.15) is 0 Å². The van der Waals surface area contributed by atoms with Crippen molar-refractivity contribution in [3.05, 3.63) is 35.9 Å². The van der Waals surface area contributed by atoms with Gasteiger partial charge < -0.3 is 14.2 Å². The van der Waals surface area contributed by atoms with Crippen LogP contribution in [-0.4, -0.2) is 43.1 Å². The fourth-order valence-electron chi connectivity index (χ4n) is 2.07. The van der Waals surface area contributed by atoms with Crippen molar-refractivity contribution in [2.45, 2.75) is 32.8 Å². The summed E-state index contributed by atoms with van der Waals surface area (Å²) in [7, 11) is 0. The molecule has 0 amide bonds. The molecular formula is C15H21NO4. The molecule has 0 N–H and O–H groups in total. The molecule has 1 aromatic rings. The van der Waals surface area contributed by atoms with Crippen LogP contribution in [-0.2, 0) is 20.8 Å². The van der Waals surface area contributed by atoms with Crippen LogP contribution in [0, 0.1) is 0 Å². The van der Waals surface area contributed by atoms with E-state index < -0.39 is 6.16 Å². The van der Waals surface area contributed by atoms with E-state index in [0.717, 1.165) is 18.7 Å². The monoisotopic (exact) mass is 279 g/mol. The van der Waals surface area contributed by atoms with Gasteiger partial charge in [0, 0.05) is 0 Å². The van der Waals surface area contributed by atoms with Gasteiger partial charge in [-0.1, -0.05) is 44.2 Å². The van der Waals surface area contributed by atoms with Gasteiger partial charge in [0.25, 0.3) is 0 Å². The van der Waals surface area contributed by atoms with E-state index in [0.29, 0.717) is 0 Å². The topological polar surface area (TPSA) is 51.3 Å². The molecule has 0 aromatic heterocycles. The van der Waals surface area contributed by atoms with Gasteiger partial charge in [-0.15, -0.1) is 0 Å². The van der Waals surface area contributed by atoms with Crippen LogP contribution < -0.4 is 0 Å². The highest BCUT2D eigenvalue weighted by Gasteiger charge is 2.43. The first kappa shape index (κ1) is 14.8. The number of epoxide rings is 1. The van der Waals surface area contributed by atoms with Gasteiger partial charge in [0.2, 0.25) is 0 Å². The minimum absolute atomic E-state index is 0.0285. The first-order valence-corrected chi connectivity index (χ1v) is 6.97. The molecule has 20 heavy (non-hydrogen) atoms. The second-order valence-corrected chi connectivity index (χ2v) is 4.62. The Labute approximate surface area is 119 Å². The lowest BCUT2D eigenvalue weighted by atomic mass is 10.2. The van der Waals surface area contributed by atoms with Gasteiger partial charge in [0.15, 0.2) is 0 Å². The lowest BCUT2D eigenvalue weighted by molar-refractivity contribution is 0.0453. The van der Waals surface area contributed by atoms with E-state index in [2.05, 4.69) is 18.7 Å². The molecule has 2 atom stereocenters. The van der Waals surface area contributed by atoms with Crippen LogP contribution in [0.3, 0.4) is 0 Å². The number of hydrogen-bond donors (Lipinski definition) is 0. The quantitative estimate of drug-likeness (QED) is 0.566. The van der Waals surface area contributed by atoms with E-state index in [4.69, 9.17) is 14.2 Å². The molecule has 1 heterocycles. The van der Waals surface area contributed by atoms with Gasteiger partial charge >= 0.3 is 6.16 Å². The third-order valence-electron chi connectivity index (χ3n) is 3.29. The van der Waals surface area contributed by atoms with Crippen LogP contribution in [0.5, 0.6) is 0 Å². The largest absolute Gasteiger partial charge is 0.508 e. The summed E-state index contributed by atoms with van der Waals surface area (Å²) in [4.78, 5) is 13.6. The third-order valence-corrected chi connectivity index (χ3v) is 3.29. The highest BCUT2D eigenvalue weighted by Crippen LogP contribution is 2.25. The predicted octanol–water partition coefficient (Wildman–Crippen LogP) is 2.41. The van der Waals surface area contributed by atoms with Crippen LogP contribution in [0.1, 0.15) is 19.4 Å². The molecule has 0 bridgehead atoms. The maximum absolute atomic E-state index is 11.5. The fraction of sp³-hybridized carbons (Fsp3) is 0.533. The second kappa shape index (κ2) is 7.26. The lowest BCUT2D eigenvalue weighted by Gasteiger charge is -2.14. The summed E-state index contributed by atoms with van der Waals surface area (Å²) < 4.78 is 15.5. The molecule has 2 unspecified atom stereocenters. The van der Waals surface area contributed by atoms with Gasteiger partial charge in [0.05, 0.1) is 0 Å². The molecule has 110 valence electrons. The summed E-state index contributed by atoms with van der Waals surface area (Å²) in [6.07, 6.45) is -0.603. The standard InChI is InChI=1S/C15H21NO4/c1-3-16(4-2)14-13(20-14)11-19-15(17)18-10-12-8-6-5-7-9-12/h5-9,13-14H,3-4,10-11H2,1-2H3. The van der Waals surface area contributed by atoms with E-state index >= 15 is 0 Å². The maximum atomic E-state index is 11.5. The van der Waals surface area contributed by atoms with Gasteiger partial charge in [-0.3, -0.25) is 4.90 Å². The van der Waals surface area contributed by atoms with Crippen molar-refractivity contribution in [1.29, 1.82) is 0 Å². The van der Waals surface area contributed by atoms with Gasteiger partial charge in [-0.25, -0.2) is 4.79 Å². The Morgan fingerprint density at radius 3 is 2.55 bits per heavy atom. The van der Waals surface area contributed by atoms with Crippen LogP contribution in [0.25, 0.3) is 0 Å². The normalized spacial score (nSPS) is 20.8. The van der Waals surface area contributed by atoms with Gasteiger partial charge in [0.1, 0.15) is 25.5 Å². The van der Waals surface area contributed by atoms with Crippen LogP contribution >= 0.6 is 0 Å². The minimum Gasteiger partial charge on any atom is -0.431 e. The van der Waals surface area contributed by atoms with E-state index in [1.807, 2.05) is 30.3 Å². The minimum atomic E-state index is -0.650. The van der Waals surface area contributed by atoms with Gasteiger partial charge in [-0.05, 0) is 18.7 Å². The Hall–Kier alpha value is -1.59. The zero-order chi connectivity index (χ0) is 14.4. The molecule has 1 aromatic carbocycles. The predicted molar refractivity (Wildman–Crippen MR) is 74.2 cm³/mol. The fourth-order valence-corrected chi connectivity index (χ4v) is 2.07. The number of carbonyl (C=O) groups is 1. The Bertz CT molecular complexity index is 419. The Morgan fingerprint density at radius 1 is 1.20 bits per heavy atom. The third kappa shape index (κ3) is 4.21. The van der Waals surface area contributed by atoms with Crippen molar-refractivity contribution in [1.82, 2.24) is 4.90 Å². The van der Waals surface area contributed by atoms with Crippen molar-refractivity contribution in [3.63, 3.8) is 0 Å². The molecule has 5 heteroatoms. The van der Waals surface area contributed by atoms with E-state index in [-0.39, 0.29) is 25.5 Å². The lowest BCUT2D eigenvalue weighted by Crippen LogP contribution is -2.29. The number of hydrogen-bond acceptors (Lipinski definition) is 5. The molecule has 1 fully saturated rings. The molecule has 1 saturated heterocycles. The first-order chi connectivity index (χ1) is 9.74. The van der Waals surface area contributed by atoms with Crippen LogP contribution in [0.2, 0.25) is 0 Å². The van der Waals surface area contributed by atoms with Crippen molar-refractivity contribution in [3.8, 4) is 0 Å². The summed E-state index contributed by atoms with van der Waals surface area (Å²) in [5.74, 6) is 0. The van der Waals surface area contributed by atoms with Crippen molar-refractivity contribution < 1.29 is 19.0 Å². The van der Waals surface area contributed by atoms with Crippen molar-refractivity contribution in [2.75, 3.05) is 19.7 Å². The van der Waals surface area contributed by atoms with Crippen molar-refractivity contribution in [2.24, 2.45) is 0 Å². The van der Waals surface area contributed by atoms with E-state index in [1.165, 1.54) is 0 Å². The molecule has 1 aliphatic heterocycles.